The summed E-state index contributed by atoms with van der Waals surface area (Å²) in [5.74, 6) is 0.218. The fourth-order valence-corrected chi connectivity index (χ4v) is 3.17. The van der Waals surface area contributed by atoms with Crippen LogP contribution >= 0.6 is 11.8 Å². The number of aryl methyl sites for hydroxylation is 2. The fraction of sp³-hybridized carbons (Fsp3) is 0.286. The summed E-state index contributed by atoms with van der Waals surface area (Å²) >= 11 is 1.43. The number of benzene rings is 1. The van der Waals surface area contributed by atoms with Crippen molar-refractivity contribution in [3.63, 3.8) is 0 Å². The summed E-state index contributed by atoms with van der Waals surface area (Å²) in [7, 11) is -3.43. The second-order valence-electron chi connectivity index (χ2n) is 4.94. The molecule has 1 N–H and O–H groups in total. The molecule has 22 heavy (non-hydrogen) atoms. The number of hydrogen-bond donors (Lipinski definition) is 1. The van der Waals surface area contributed by atoms with Crippen LogP contribution in [0.5, 0.6) is 0 Å². The van der Waals surface area contributed by atoms with Crippen LogP contribution in [0.3, 0.4) is 0 Å². The minimum Gasteiger partial charge on any atom is -0.308 e. The van der Waals surface area contributed by atoms with Gasteiger partial charge in [-0.3, -0.25) is 4.79 Å². The Kier molecular flexibility index (Phi) is 4.92. The summed E-state index contributed by atoms with van der Waals surface area (Å²) in [5, 5.41) is 6.37. The largest absolute Gasteiger partial charge is 0.308 e. The third-order valence-corrected chi connectivity index (χ3v) is 4.92. The molecule has 1 amide bonds. The van der Waals surface area contributed by atoms with Crippen molar-refractivity contribution in [2.75, 3.05) is 17.3 Å². The Balaban J connectivity index is 1.94. The third-order valence-electron chi connectivity index (χ3n) is 2.86. The highest BCUT2D eigenvalue weighted by Gasteiger charge is 2.10. The third kappa shape index (κ3) is 4.35. The minimum atomic E-state index is -3.43. The molecule has 0 aliphatic rings. The zero-order chi connectivity index (χ0) is 16.3. The molecule has 1 aromatic carbocycles. The van der Waals surface area contributed by atoms with E-state index in [4.69, 9.17) is 0 Å². The van der Waals surface area contributed by atoms with E-state index >= 15 is 0 Å². The molecule has 2 aromatic rings. The highest BCUT2D eigenvalue weighted by Crippen LogP contribution is 2.23. The SMILES string of the molecule is Cc1ccc(SCC(=O)Nc2ccn(S(C)(=O)=O)n2)c(C)c1. The van der Waals surface area contributed by atoms with Gasteiger partial charge in [-0.2, -0.15) is 4.09 Å². The maximum atomic E-state index is 11.9. The zero-order valence-electron chi connectivity index (χ0n) is 12.5. The standard InChI is InChI=1S/C14H17N3O3S2/c1-10-4-5-12(11(2)8-10)21-9-14(18)15-13-6-7-17(16-13)22(3,19)20/h4-8H,9H2,1-3H3,(H,15,16,18). The molecule has 0 radical (unpaired) electrons. The van der Waals surface area contributed by atoms with Crippen LogP contribution in [0, 0.1) is 13.8 Å². The second kappa shape index (κ2) is 6.53. The number of rotatable bonds is 5. The van der Waals surface area contributed by atoms with E-state index in [2.05, 4.69) is 16.5 Å². The second-order valence-corrected chi connectivity index (χ2v) is 7.80. The predicted molar refractivity (Wildman–Crippen MR) is 87.7 cm³/mol. The van der Waals surface area contributed by atoms with Crippen molar-refractivity contribution in [3.8, 4) is 0 Å². The summed E-state index contributed by atoms with van der Waals surface area (Å²) in [5.41, 5.74) is 2.30. The number of carbonyl (C=O) groups is 1. The summed E-state index contributed by atoms with van der Waals surface area (Å²) in [6, 6.07) is 7.50. The van der Waals surface area contributed by atoms with Crippen LogP contribution in [0.1, 0.15) is 11.1 Å². The molecule has 118 valence electrons. The Labute approximate surface area is 134 Å². The Morgan fingerprint density at radius 1 is 1.32 bits per heavy atom. The van der Waals surface area contributed by atoms with Gasteiger partial charge in [0.05, 0.1) is 12.0 Å². The van der Waals surface area contributed by atoms with Gasteiger partial charge in [0.1, 0.15) is 0 Å². The Hall–Kier alpha value is -1.80. The Morgan fingerprint density at radius 2 is 2.05 bits per heavy atom. The van der Waals surface area contributed by atoms with Crippen LogP contribution in [0.4, 0.5) is 5.82 Å². The molecule has 0 saturated heterocycles. The van der Waals surface area contributed by atoms with Crippen molar-refractivity contribution in [2.24, 2.45) is 0 Å². The van der Waals surface area contributed by atoms with Gasteiger partial charge < -0.3 is 5.32 Å². The van der Waals surface area contributed by atoms with Gasteiger partial charge in [-0.1, -0.05) is 17.7 Å². The van der Waals surface area contributed by atoms with Crippen molar-refractivity contribution in [1.82, 2.24) is 9.19 Å². The monoisotopic (exact) mass is 339 g/mol. The normalized spacial score (nSPS) is 11.4. The molecule has 0 aliphatic carbocycles. The Morgan fingerprint density at radius 3 is 2.64 bits per heavy atom. The molecule has 0 aliphatic heterocycles. The van der Waals surface area contributed by atoms with Crippen LogP contribution in [-0.2, 0) is 14.8 Å². The van der Waals surface area contributed by atoms with Gasteiger partial charge in [0.2, 0.25) is 5.91 Å². The molecule has 1 aromatic heterocycles. The molecule has 0 fully saturated rings. The molecule has 0 spiro atoms. The maximum Gasteiger partial charge on any atom is 0.250 e. The minimum absolute atomic E-state index is 0.219. The molecular formula is C14H17N3O3S2. The average molecular weight is 339 g/mol. The summed E-state index contributed by atoms with van der Waals surface area (Å²) < 4.78 is 23.4. The van der Waals surface area contributed by atoms with E-state index in [0.717, 1.165) is 20.8 Å². The molecule has 1 heterocycles. The number of nitrogens with zero attached hydrogens (tertiary/aromatic N) is 2. The lowest BCUT2D eigenvalue weighted by molar-refractivity contribution is -0.113. The lowest BCUT2D eigenvalue weighted by Crippen LogP contribution is -2.16. The lowest BCUT2D eigenvalue weighted by atomic mass is 10.2. The van der Waals surface area contributed by atoms with E-state index in [1.807, 2.05) is 26.0 Å². The summed E-state index contributed by atoms with van der Waals surface area (Å²) in [6.07, 6.45) is 2.34. The number of thioether (sulfide) groups is 1. The van der Waals surface area contributed by atoms with Crippen LogP contribution in [-0.4, -0.2) is 35.5 Å². The van der Waals surface area contributed by atoms with Gasteiger partial charge in [0.15, 0.2) is 5.82 Å². The zero-order valence-corrected chi connectivity index (χ0v) is 14.2. The highest BCUT2D eigenvalue weighted by molar-refractivity contribution is 8.00. The summed E-state index contributed by atoms with van der Waals surface area (Å²) in [6.45, 7) is 4.02. The number of anilines is 1. The van der Waals surface area contributed by atoms with Gasteiger partial charge >= 0.3 is 0 Å². The Bertz CT molecular complexity index is 797. The quantitative estimate of drug-likeness (QED) is 0.843. The first kappa shape index (κ1) is 16.6. The first-order chi connectivity index (χ1) is 10.3. The molecule has 8 heteroatoms. The maximum absolute atomic E-state index is 11.9. The highest BCUT2D eigenvalue weighted by atomic mass is 32.2. The first-order valence-electron chi connectivity index (χ1n) is 6.52. The molecule has 0 atom stereocenters. The molecule has 0 saturated carbocycles. The number of carbonyl (C=O) groups excluding carboxylic acids is 1. The van der Waals surface area contributed by atoms with E-state index < -0.39 is 10.0 Å². The van der Waals surface area contributed by atoms with E-state index in [0.29, 0.717) is 0 Å². The fourth-order valence-electron chi connectivity index (χ4n) is 1.84. The van der Waals surface area contributed by atoms with Crippen molar-refractivity contribution in [3.05, 3.63) is 41.6 Å². The van der Waals surface area contributed by atoms with E-state index in [-0.39, 0.29) is 17.5 Å². The van der Waals surface area contributed by atoms with E-state index in [1.54, 1.807) is 0 Å². The van der Waals surface area contributed by atoms with Crippen molar-refractivity contribution >= 4 is 33.5 Å². The topological polar surface area (TPSA) is 81.1 Å². The van der Waals surface area contributed by atoms with Gasteiger partial charge in [-0.15, -0.1) is 16.9 Å². The van der Waals surface area contributed by atoms with E-state index in [9.17, 15) is 13.2 Å². The van der Waals surface area contributed by atoms with Crippen LogP contribution in [0.2, 0.25) is 0 Å². The van der Waals surface area contributed by atoms with Crippen LogP contribution < -0.4 is 5.32 Å². The molecule has 2 rings (SSSR count). The van der Waals surface area contributed by atoms with Crippen LogP contribution in [0.15, 0.2) is 35.4 Å². The van der Waals surface area contributed by atoms with Gasteiger partial charge in [-0.25, -0.2) is 8.42 Å². The number of amides is 1. The van der Waals surface area contributed by atoms with E-state index in [1.165, 1.54) is 29.6 Å². The van der Waals surface area contributed by atoms with Crippen LogP contribution in [0.25, 0.3) is 0 Å². The average Bonchev–Trinajstić information content (AvgIpc) is 2.86. The predicted octanol–water partition coefficient (Wildman–Crippen LogP) is 2.04. The van der Waals surface area contributed by atoms with Gasteiger partial charge in [0, 0.05) is 17.2 Å². The number of nitrogens with one attached hydrogen (secondary N) is 1. The molecule has 0 bridgehead atoms. The molecule has 0 unspecified atom stereocenters. The van der Waals surface area contributed by atoms with Crippen molar-refractivity contribution < 1.29 is 13.2 Å². The number of aromatic nitrogens is 2. The number of hydrogen-bond acceptors (Lipinski definition) is 5. The molecule has 6 nitrogen and oxygen atoms in total. The molecular weight excluding hydrogens is 322 g/mol. The smallest absolute Gasteiger partial charge is 0.250 e. The van der Waals surface area contributed by atoms with Gasteiger partial charge in [-0.05, 0) is 25.5 Å². The van der Waals surface area contributed by atoms with Crippen molar-refractivity contribution in [2.45, 2.75) is 18.7 Å². The van der Waals surface area contributed by atoms with Gasteiger partial charge in [0.25, 0.3) is 10.0 Å². The summed E-state index contributed by atoms with van der Waals surface area (Å²) in [4.78, 5) is 12.9. The first-order valence-corrected chi connectivity index (χ1v) is 9.35. The lowest BCUT2D eigenvalue weighted by Gasteiger charge is -2.06. The van der Waals surface area contributed by atoms with Crippen molar-refractivity contribution in [1.29, 1.82) is 0 Å².